The zero-order valence-electron chi connectivity index (χ0n) is 26.5. The van der Waals surface area contributed by atoms with E-state index in [1.165, 1.54) is 21.8 Å². The Morgan fingerprint density at radius 1 is 0.587 bits per heavy atom. The molecule has 0 atom stereocenters. The van der Waals surface area contributed by atoms with E-state index < -0.39 is 0 Å². The summed E-state index contributed by atoms with van der Waals surface area (Å²) in [5.41, 5.74) is 12.2. The normalized spacial score (nSPS) is 11.4. The van der Waals surface area contributed by atoms with Crippen molar-refractivity contribution in [1.29, 1.82) is 0 Å². The molecule has 0 aliphatic rings. The number of hydrogen-bond acceptors (Lipinski definition) is 4. The molecule has 216 valence electrons. The summed E-state index contributed by atoms with van der Waals surface area (Å²) in [5, 5.41) is 19.2. The maximum atomic E-state index is 11.1. The summed E-state index contributed by atoms with van der Waals surface area (Å²) >= 11 is 0. The van der Waals surface area contributed by atoms with Crippen LogP contribution in [0.1, 0.15) is 5.56 Å². The third-order valence-corrected chi connectivity index (χ3v) is 9.29. The molecule has 1 aromatic heterocycles. The number of anilines is 2. The average molecular weight is 589 g/mol. The number of benzene rings is 6. The highest BCUT2D eigenvalue weighted by Crippen LogP contribution is 2.40. The molecule has 0 spiro atoms. The number of aromatic nitrogens is 1. The number of rotatable bonds is 6. The van der Waals surface area contributed by atoms with Crippen molar-refractivity contribution in [2.45, 2.75) is 0 Å². The number of aromatic hydroxyl groups is 1. The van der Waals surface area contributed by atoms with Crippen molar-refractivity contribution < 1.29 is 5.11 Å². The third-order valence-electron chi connectivity index (χ3n) is 9.29. The van der Waals surface area contributed by atoms with Crippen molar-refractivity contribution in [1.82, 2.24) is 4.98 Å². The molecule has 0 saturated carbocycles. The smallest absolute Gasteiger partial charge is 0.143 e. The van der Waals surface area contributed by atoms with Gasteiger partial charge in [-0.3, -0.25) is 9.98 Å². The molecule has 4 nitrogen and oxygen atoms in total. The van der Waals surface area contributed by atoms with Crippen LogP contribution >= 0.6 is 0 Å². The molecule has 0 bridgehead atoms. The molecule has 46 heavy (non-hydrogen) atoms. The van der Waals surface area contributed by atoms with Gasteiger partial charge in [0, 0.05) is 24.2 Å². The Bertz CT molecular complexity index is 2200. The highest BCUT2D eigenvalue weighted by atomic mass is 16.3. The summed E-state index contributed by atoms with van der Waals surface area (Å²) < 4.78 is 0. The van der Waals surface area contributed by atoms with Crippen molar-refractivity contribution in [2.24, 2.45) is 4.99 Å². The Morgan fingerprint density at radius 2 is 1.17 bits per heavy atom. The largest absolute Gasteiger partial charge is 0.506 e. The number of pyridine rings is 1. The summed E-state index contributed by atoms with van der Waals surface area (Å²) in [6.45, 7) is 0. The van der Waals surface area contributed by atoms with Crippen LogP contribution < -0.4 is 27.2 Å². The van der Waals surface area contributed by atoms with Crippen LogP contribution in [0.15, 0.2) is 127 Å². The van der Waals surface area contributed by atoms with E-state index in [1.807, 2.05) is 58.4 Å². The summed E-state index contributed by atoms with van der Waals surface area (Å²) in [6, 6.07) is 37.9. The SMILES string of the molecule is Bc1c(B)c(B)c(Nc2ccccc2/N=C/c2c3ccccc3c(-c3ccc(-c4cccnc4)cc3)c3ccccc23)c(O)c1B. The summed E-state index contributed by atoms with van der Waals surface area (Å²) in [5.74, 6) is 0.278. The lowest BCUT2D eigenvalue weighted by atomic mass is 9.66. The van der Waals surface area contributed by atoms with Gasteiger partial charge in [0.05, 0.1) is 17.1 Å². The Balaban J connectivity index is 1.34. The van der Waals surface area contributed by atoms with Gasteiger partial charge in [-0.1, -0.05) is 113 Å². The standard InChI is InChI=1S/C38H31B4N3O/c39-33-34(40)36(42)38(46)37(35(33)41)45-31-14-6-5-13-30(31)44-21-29-25-9-1-3-11-27(25)32(28-12-4-2-10-26(28)29)23-17-15-22(16-18-23)24-8-7-19-43-20-24/h1-21,45-46H,39-42H2/b44-21+. The maximum absolute atomic E-state index is 11.1. The molecule has 6 aromatic carbocycles. The summed E-state index contributed by atoms with van der Waals surface area (Å²) in [4.78, 5) is 9.36. The van der Waals surface area contributed by atoms with E-state index in [2.05, 4.69) is 105 Å². The topological polar surface area (TPSA) is 57.5 Å². The van der Waals surface area contributed by atoms with Gasteiger partial charge in [0.15, 0.2) is 0 Å². The van der Waals surface area contributed by atoms with Gasteiger partial charge < -0.3 is 10.4 Å². The third kappa shape index (κ3) is 5.16. The monoisotopic (exact) mass is 589 g/mol. The molecule has 0 unspecified atom stereocenters. The second kappa shape index (κ2) is 12.1. The molecule has 7 aromatic rings. The lowest BCUT2D eigenvalue weighted by Gasteiger charge is -2.20. The molecule has 1 heterocycles. The van der Waals surface area contributed by atoms with Gasteiger partial charge in [0.1, 0.15) is 37.1 Å². The number of phenolic OH excluding ortho intramolecular Hbond substituents is 1. The number of phenols is 1. The van der Waals surface area contributed by atoms with Gasteiger partial charge in [-0.25, -0.2) is 0 Å². The minimum absolute atomic E-state index is 0.278. The molecular formula is C38H31B4N3O. The van der Waals surface area contributed by atoms with Crippen LogP contribution in [0.4, 0.5) is 17.1 Å². The molecule has 0 saturated heterocycles. The van der Waals surface area contributed by atoms with Crippen molar-refractivity contribution in [3.05, 3.63) is 127 Å². The quantitative estimate of drug-likeness (QED) is 0.136. The van der Waals surface area contributed by atoms with E-state index >= 15 is 0 Å². The average Bonchev–Trinajstić information content (AvgIpc) is 3.11. The predicted octanol–water partition coefficient (Wildman–Crippen LogP) is 2.96. The van der Waals surface area contributed by atoms with Gasteiger partial charge in [-0.15, -0.1) is 0 Å². The second-order valence-corrected chi connectivity index (χ2v) is 11.8. The molecule has 0 fully saturated rings. The molecule has 0 aliphatic heterocycles. The Labute approximate surface area is 272 Å². The number of nitrogens with zero attached hydrogens (tertiary/aromatic N) is 2. The second-order valence-electron chi connectivity index (χ2n) is 11.8. The lowest BCUT2D eigenvalue weighted by Crippen LogP contribution is -2.48. The highest BCUT2D eigenvalue weighted by molar-refractivity contribution is 6.64. The molecule has 0 amide bonds. The van der Waals surface area contributed by atoms with Crippen molar-refractivity contribution in [3.63, 3.8) is 0 Å². The maximum Gasteiger partial charge on any atom is 0.143 e. The molecule has 0 aliphatic carbocycles. The van der Waals surface area contributed by atoms with Crippen LogP contribution in [0, 0.1) is 0 Å². The van der Waals surface area contributed by atoms with E-state index in [9.17, 15) is 5.11 Å². The minimum atomic E-state index is 0.278. The van der Waals surface area contributed by atoms with Crippen LogP contribution in [-0.2, 0) is 0 Å². The van der Waals surface area contributed by atoms with E-state index in [1.54, 1.807) is 6.20 Å². The van der Waals surface area contributed by atoms with Crippen molar-refractivity contribution in [2.75, 3.05) is 5.32 Å². The van der Waals surface area contributed by atoms with Gasteiger partial charge in [0.2, 0.25) is 0 Å². The van der Waals surface area contributed by atoms with E-state index in [-0.39, 0.29) is 5.75 Å². The summed E-state index contributed by atoms with van der Waals surface area (Å²) in [6.07, 6.45) is 5.68. The minimum Gasteiger partial charge on any atom is -0.506 e. The number of fused-ring (bicyclic) bond motifs is 2. The molecule has 7 rings (SSSR count). The fraction of sp³-hybridized carbons (Fsp3) is 0. The first kappa shape index (κ1) is 29.2. The van der Waals surface area contributed by atoms with Crippen LogP contribution in [0.3, 0.4) is 0 Å². The van der Waals surface area contributed by atoms with Gasteiger partial charge in [-0.2, -0.15) is 0 Å². The van der Waals surface area contributed by atoms with Gasteiger partial charge >= 0.3 is 0 Å². The van der Waals surface area contributed by atoms with Crippen LogP contribution in [0.25, 0.3) is 43.8 Å². The Morgan fingerprint density at radius 3 is 1.83 bits per heavy atom. The molecule has 8 heteroatoms. The first-order valence-electron chi connectivity index (χ1n) is 15.6. The summed E-state index contributed by atoms with van der Waals surface area (Å²) in [7, 11) is 8.15. The van der Waals surface area contributed by atoms with Crippen LogP contribution in [0.2, 0.25) is 0 Å². The van der Waals surface area contributed by atoms with Gasteiger partial charge in [-0.05, 0) is 62.0 Å². The zero-order valence-corrected chi connectivity index (χ0v) is 26.5. The lowest BCUT2D eigenvalue weighted by molar-refractivity contribution is 0.483. The van der Waals surface area contributed by atoms with E-state index in [4.69, 9.17) is 4.99 Å². The van der Waals surface area contributed by atoms with Crippen LogP contribution in [-0.4, -0.2) is 47.7 Å². The fourth-order valence-corrected chi connectivity index (χ4v) is 6.38. The number of para-hydroxylation sites is 2. The number of aliphatic imine (C=N–C) groups is 1. The fourth-order valence-electron chi connectivity index (χ4n) is 6.38. The first-order chi connectivity index (χ1) is 22.4. The predicted molar refractivity (Wildman–Crippen MR) is 208 cm³/mol. The molecule has 2 N–H and O–H groups in total. The Hall–Kier alpha value is -5.48. The van der Waals surface area contributed by atoms with Crippen LogP contribution in [0.5, 0.6) is 5.75 Å². The van der Waals surface area contributed by atoms with E-state index in [0.717, 1.165) is 66.5 Å². The van der Waals surface area contributed by atoms with Crippen molar-refractivity contribution >= 4 is 98.1 Å². The number of hydrogen-bond donors (Lipinski definition) is 2. The molecular weight excluding hydrogens is 558 g/mol. The Kier molecular flexibility index (Phi) is 7.71. The molecule has 0 radical (unpaired) electrons. The van der Waals surface area contributed by atoms with Gasteiger partial charge in [0.25, 0.3) is 0 Å². The zero-order chi connectivity index (χ0) is 31.8. The highest BCUT2D eigenvalue weighted by Gasteiger charge is 2.17. The number of nitrogens with one attached hydrogen (secondary N) is 1. The van der Waals surface area contributed by atoms with Crippen molar-refractivity contribution in [3.8, 4) is 28.0 Å². The van der Waals surface area contributed by atoms with E-state index in [0.29, 0.717) is 0 Å². The first-order valence-corrected chi connectivity index (χ1v) is 15.6.